The van der Waals surface area contributed by atoms with Crippen molar-refractivity contribution in [2.75, 3.05) is 6.61 Å². The Morgan fingerprint density at radius 1 is 0.906 bits per heavy atom. The predicted molar refractivity (Wildman–Crippen MR) is 116 cm³/mol. The topological polar surface area (TPSA) is 214 Å². The Morgan fingerprint density at radius 3 is 1.91 bits per heavy atom. The lowest BCUT2D eigenvalue weighted by atomic mass is 9.97. The number of amides is 4. The van der Waals surface area contributed by atoms with Crippen molar-refractivity contribution in [2.24, 2.45) is 23.3 Å². The first-order valence-electron chi connectivity index (χ1n) is 10.6. The van der Waals surface area contributed by atoms with Crippen molar-refractivity contribution in [3.63, 3.8) is 0 Å². The fraction of sp³-hybridized carbons (Fsp3) is 0.750. The van der Waals surface area contributed by atoms with E-state index >= 15 is 0 Å². The number of carbonyl (C=O) groups excluding carboxylic acids is 4. The minimum Gasteiger partial charge on any atom is -0.480 e. The Labute approximate surface area is 187 Å². The third-order valence-corrected chi connectivity index (χ3v) is 4.97. The molecule has 0 aromatic carbocycles. The molecule has 5 unspecified atom stereocenters. The normalized spacial score (nSPS) is 15.7. The zero-order chi connectivity index (χ0) is 25.0. The van der Waals surface area contributed by atoms with E-state index in [1.165, 1.54) is 0 Å². The summed E-state index contributed by atoms with van der Waals surface area (Å²) in [4.78, 5) is 59.8. The zero-order valence-corrected chi connectivity index (χ0v) is 19.1. The van der Waals surface area contributed by atoms with Gasteiger partial charge in [0.05, 0.1) is 12.6 Å². The summed E-state index contributed by atoms with van der Waals surface area (Å²) in [7, 11) is 0. The molecule has 5 atom stereocenters. The minimum absolute atomic E-state index is 0.00408. The number of nitrogens with one attached hydrogen (secondary N) is 3. The highest BCUT2D eigenvalue weighted by Crippen LogP contribution is 2.10. The van der Waals surface area contributed by atoms with E-state index in [4.69, 9.17) is 11.5 Å². The van der Waals surface area contributed by atoms with Gasteiger partial charge in [0.1, 0.15) is 18.1 Å². The molecule has 0 aliphatic rings. The van der Waals surface area contributed by atoms with Crippen LogP contribution >= 0.6 is 0 Å². The van der Waals surface area contributed by atoms with E-state index in [9.17, 15) is 34.2 Å². The summed E-state index contributed by atoms with van der Waals surface area (Å²) in [6, 6.07) is -4.73. The molecule has 0 saturated heterocycles. The van der Waals surface area contributed by atoms with Gasteiger partial charge in [-0.1, -0.05) is 34.1 Å². The van der Waals surface area contributed by atoms with Crippen molar-refractivity contribution in [3.05, 3.63) is 0 Å². The zero-order valence-electron chi connectivity index (χ0n) is 19.1. The van der Waals surface area contributed by atoms with Gasteiger partial charge in [0, 0.05) is 6.42 Å². The molecular formula is C20H37N5O7. The van der Waals surface area contributed by atoms with Gasteiger partial charge >= 0.3 is 5.97 Å². The molecule has 4 amide bonds. The number of primary amides is 1. The van der Waals surface area contributed by atoms with E-state index < -0.39 is 60.4 Å². The second-order valence-corrected chi connectivity index (χ2v) is 8.26. The Hall–Kier alpha value is -2.73. The molecule has 0 spiro atoms. The molecule has 0 aromatic heterocycles. The molecule has 0 aliphatic heterocycles. The number of aliphatic hydroxyl groups excluding tert-OH is 1. The summed E-state index contributed by atoms with van der Waals surface area (Å²) in [5.41, 5.74) is 10.8. The number of carbonyl (C=O) groups is 5. The van der Waals surface area contributed by atoms with Gasteiger partial charge in [0.15, 0.2) is 0 Å². The molecule has 0 fully saturated rings. The van der Waals surface area contributed by atoms with Crippen LogP contribution < -0.4 is 27.4 Å². The number of aliphatic hydroxyl groups is 1. The van der Waals surface area contributed by atoms with Gasteiger partial charge in [-0.15, -0.1) is 0 Å². The van der Waals surface area contributed by atoms with E-state index in [0.717, 1.165) is 0 Å². The monoisotopic (exact) mass is 459 g/mol. The summed E-state index contributed by atoms with van der Waals surface area (Å²) in [5.74, 6) is -4.47. The van der Waals surface area contributed by atoms with Gasteiger partial charge in [-0.25, -0.2) is 4.79 Å². The van der Waals surface area contributed by atoms with Gasteiger partial charge in [-0.3, -0.25) is 19.2 Å². The molecule has 0 bridgehead atoms. The Bertz CT molecular complexity index is 671. The molecule has 9 N–H and O–H groups in total. The lowest BCUT2D eigenvalue weighted by Crippen LogP contribution is -2.59. The molecule has 0 aliphatic carbocycles. The highest BCUT2D eigenvalue weighted by molar-refractivity contribution is 5.94. The van der Waals surface area contributed by atoms with Gasteiger partial charge < -0.3 is 37.6 Å². The van der Waals surface area contributed by atoms with Crippen molar-refractivity contribution in [3.8, 4) is 0 Å². The van der Waals surface area contributed by atoms with Crippen molar-refractivity contribution in [1.82, 2.24) is 16.0 Å². The van der Waals surface area contributed by atoms with Crippen LogP contribution in [0.1, 0.15) is 53.4 Å². The summed E-state index contributed by atoms with van der Waals surface area (Å²) < 4.78 is 0. The lowest BCUT2D eigenvalue weighted by Gasteiger charge is -2.27. The second kappa shape index (κ2) is 14.4. The fourth-order valence-corrected chi connectivity index (χ4v) is 2.81. The first kappa shape index (κ1) is 29.3. The second-order valence-electron chi connectivity index (χ2n) is 8.26. The summed E-state index contributed by atoms with van der Waals surface area (Å²) in [5, 5.41) is 26.0. The largest absolute Gasteiger partial charge is 0.480 e. The number of rotatable bonds is 15. The summed E-state index contributed by atoms with van der Waals surface area (Å²) in [6.45, 7) is 6.31. The van der Waals surface area contributed by atoms with Crippen molar-refractivity contribution < 1.29 is 34.2 Å². The molecule has 0 saturated carbocycles. The average molecular weight is 460 g/mol. The number of nitrogens with two attached hydrogens (primary N) is 2. The maximum absolute atomic E-state index is 12.8. The van der Waals surface area contributed by atoms with E-state index in [1.54, 1.807) is 27.7 Å². The summed E-state index contributed by atoms with van der Waals surface area (Å²) in [6.07, 6.45) is 0.578. The fourth-order valence-electron chi connectivity index (χ4n) is 2.81. The lowest BCUT2D eigenvalue weighted by molar-refractivity contribution is -0.143. The third kappa shape index (κ3) is 10.5. The van der Waals surface area contributed by atoms with Crippen LogP contribution in [0.2, 0.25) is 0 Å². The molecule has 12 nitrogen and oxygen atoms in total. The first-order chi connectivity index (χ1) is 14.8. The minimum atomic E-state index is -1.41. The SMILES string of the molecule is CCC(C)C(NC(=O)C(N)CCC(N)=O)C(=O)NC(CO)C(=O)NC(CC(C)C)C(=O)O. The van der Waals surface area contributed by atoms with E-state index in [1.807, 2.05) is 0 Å². The number of carboxylic acid groups (broad SMARTS) is 1. The highest BCUT2D eigenvalue weighted by Gasteiger charge is 2.32. The maximum Gasteiger partial charge on any atom is 0.326 e. The van der Waals surface area contributed by atoms with Crippen molar-refractivity contribution in [2.45, 2.75) is 77.5 Å². The van der Waals surface area contributed by atoms with Crippen LogP contribution in [0.15, 0.2) is 0 Å². The first-order valence-corrected chi connectivity index (χ1v) is 10.6. The van der Waals surface area contributed by atoms with Crippen LogP contribution in [0, 0.1) is 11.8 Å². The third-order valence-electron chi connectivity index (χ3n) is 4.97. The van der Waals surface area contributed by atoms with Crippen molar-refractivity contribution >= 4 is 29.6 Å². The van der Waals surface area contributed by atoms with Crippen molar-refractivity contribution in [1.29, 1.82) is 0 Å². The maximum atomic E-state index is 12.8. The van der Waals surface area contributed by atoms with Gasteiger partial charge in [0.25, 0.3) is 0 Å². The van der Waals surface area contributed by atoms with Gasteiger partial charge in [0.2, 0.25) is 23.6 Å². The van der Waals surface area contributed by atoms with E-state index in [-0.39, 0.29) is 31.1 Å². The number of carboxylic acids is 1. The smallest absolute Gasteiger partial charge is 0.326 e. The van der Waals surface area contributed by atoms with Gasteiger partial charge in [-0.05, 0) is 24.7 Å². The Kier molecular flexibility index (Phi) is 13.1. The molecule has 184 valence electrons. The number of aliphatic carboxylic acids is 1. The van der Waals surface area contributed by atoms with Crippen LogP contribution in [0.5, 0.6) is 0 Å². The van der Waals surface area contributed by atoms with Crippen LogP contribution in [0.4, 0.5) is 0 Å². The highest BCUT2D eigenvalue weighted by atomic mass is 16.4. The van der Waals surface area contributed by atoms with Crippen LogP contribution in [-0.4, -0.2) is 70.6 Å². The number of hydrogen-bond donors (Lipinski definition) is 7. The molecule has 32 heavy (non-hydrogen) atoms. The molecule has 0 heterocycles. The van der Waals surface area contributed by atoms with Crippen LogP contribution in [0.25, 0.3) is 0 Å². The number of hydrogen-bond acceptors (Lipinski definition) is 7. The van der Waals surface area contributed by atoms with E-state index in [0.29, 0.717) is 6.42 Å². The molecular weight excluding hydrogens is 422 g/mol. The predicted octanol–water partition coefficient (Wildman–Crippen LogP) is -1.80. The summed E-state index contributed by atoms with van der Waals surface area (Å²) >= 11 is 0. The quantitative estimate of drug-likeness (QED) is 0.148. The average Bonchev–Trinajstić information content (AvgIpc) is 2.71. The molecule has 12 heteroatoms. The van der Waals surface area contributed by atoms with Crippen LogP contribution in [-0.2, 0) is 24.0 Å². The molecule has 0 aromatic rings. The molecule has 0 radical (unpaired) electrons. The Balaban J connectivity index is 5.27. The van der Waals surface area contributed by atoms with Gasteiger partial charge in [-0.2, -0.15) is 0 Å². The molecule has 0 rings (SSSR count). The van der Waals surface area contributed by atoms with Crippen LogP contribution in [0.3, 0.4) is 0 Å². The standard InChI is InChI=1S/C20H37N5O7/c1-5-11(4)16(25-17(28)12(21)6-7-15(22)27)19(30)24-14(9-26)18(29)23-13(20(31)32)8-10(2)3/h10-14,16,26H,5-9,21H2,1-4H3,(H2,22,27)(H,23,29)(H,24,30)(H,25,28)(H,31,32). The Morgan fingerprint density at radius 2 is 1.47 bits per heavy atom. The van der Waals surface area contributed by atoms with E-state index in [2.05, 4.69) is 16.0 Å².